The van der Waals surface area contributed by atoms with Gasteiger partial charge in [0.15, 0.2) is 0 Å². The number of imidazole rings is 1. The number of nitrogens with zero attached hydrogens (tertiary/aromatic N) is 3. The second-order valence-electron chi connectivity index (χ2n) is 3.75. The molecule has 1 unspecified atom stereocenters. The molecule has 5 nitrogen and oxygen atoms in total. The van der Waals surface area contributed by atoms with Crippen LogP contribution in [0.1, 0.15) is 5.82 Å². The van der Waals surface area contributed by atoms with Crippen LogP contribution in [-0.2, 0) is 18.2 Å². The molecule has 5 heteroatoms. The van der Waals surface area contributed by atoms with Gasteiger partial charge in [0.2, 0.25) is 0 Å². The van der Waals surface area contributed by atoms with E-state index in [1.165, 1.54) is 0 Å². The molecule has 0 spiro atoms. The molecular weight excluding hydrogens is 204 g/mol. The maximum absolute atomic E-state index is 5.60. The summed E-state index contributed by atoms with van der Waals surface area (Å²) in [7, 11) is 3.66. The van der Waals surface area contributed by atoms with Crippen molar-refractivity contribution in [3.63, 3.8) is 0 Å². The summed E-state index contributed by atoms with van der Waals surface area (Å²) in [6, 6.07) is 1.95. The van der Waals surface area contributed by atoms with E-state index in [1.54, 1.807) is 19.5 Å². The molecule has 0 aliphatic carbocycles. The lowest BCUT2D eigenvalue weighted by molar-refractivity contribution is 0.108. The number of ether oxygens (including phenoxy) is 1. The largest absolute Gasteiger partial charge is 0.380 e. The third-order valence-electron chi connectivity index (χ3n) is 2.78. The first-order chi connectivity index (χ1) is 7.76. The standard InChI is InChI=1S/C11H16N4O/c1-15-10-3-4-13-7-9(10)14-11(15)5-8(6-12)16-2/h3-4,7-8H,5-6,12H2,1-2H3. The molecule has 0 bridgehead atoms. The van der Waals surface area contributed by atoms with Crippen molar-refractivity contribution >= 4 is 11.0 Å². The number of hydrogen-bond acceptors (Lipinski definition) is 4. The lowest BCUT2D eigenvalue weighted by Gasteiger charge is -2.12. The predicted molar refractivity (Wildman–Crippen MR) is 62.1 cm³/mol. The van der Waals surface area contributed by atoms with Crippen LogP contribution in [0.3, 0.4) is 0 Å². The number of fused-ring (bicyclic) bond motifs is 1. The molecular formula is C11H16N4O. The van der Waals surface area contributed by atoms with E-state index >= 15 is 0 Å². The van der Waals surface area contributed by atoms with E-state index in [0.717, 1.165) is 23.3 Å². The van der Waals surface area contributed by atoms with Gasteiger partial charge in [-0.3, -0.25) is 4.98 Å². The zero-order valence-corrected chi connectivity index (χ0v) is 9.55. The summed E-state index contributed by atoms with van der Waals surface area (Å²) in [5.74, 6) is 0.973. The van der Waals surface area contributed by atoms with Crippen LogP contribution in [0.4, 0.5) is 0 Å². The fourth-order valence-electron chi connectivity index (χ4n) is 1.75. The van der Waals surface area contributed by atoms with Gasteiger partial charge in [-0.25, -0.2) is 4.98 Å². The average molecular weight is 220 g/mol. The number of nitrogens with two attached hydrogens (primary N) is 1. The van der Waals surface area contributed by atoms with E-state index in [0.29, 0.717) is 6.54 Å². The van der Waals surface area contributed by atoms with Crippen LogP contribution in [0, 0.1) is 0 Å². The Hall–Kier alpha value is -1.46. The van der Waals surface area contributed by atoms with Crippen molar-refractivity contribution in [1.82, 2.24) is 14.5 Å². The first kappa shape index (κ1) is 11.0. The predicted octanol–water partition coefficient (Wildman–Crippen LogP) is 0.484. The van der Waals surface area contributed by atoms with Crippen LogP contribution in [0.2, 0.25) is 0 Å². The van der Waals surface area contributed by atoms with Gasteiger partial charge in [0, 0.05) is 33.3 Å². The highest BCUT2D eigenvalue weighted by Gasteiger charge is 2.12. The van der Waals surface area contributed by atoms with Gasteiger partial charge >= 0.3 is 0 Å². The van der Waals surface area contributed by atoms with Crippen molar-refractivity contribution in [2.75, 3.05) is 13.7 Å². The van der Waals surface area contributed by atoms with Gasteiger partial charge in [-0.15, -0.1) is 0 Å². The highest BCUT2D eigenvalue weighted by molar-refractivity contribution is 5.74. The molecule has 2 aromatic heterocycles. The highest BCUT2D eigenvalue weighted by Crippen LogP contribution is 2.14. The molecule has 0 amide bonds. The summed E-state index contributed by atoms with van der Waals surface area (Å²) in [5, 5.41) is 0. The molecule has 0 aliphatic heterocycles. The molecule has 2 heterocycles. The maximum atomic E-state index is 5.60. The molecule has 0 aliphatic rings. The number of pyridine rings is 1. The summed E-state index contributed by atoms with van der Waals surface area (Å²) in [4.78, 5) is 8.57. The van der Waals surface area contributed by atoms with Crippen LogP contribution in [0.15, 0.2) is 18.5 Å². The first-order valence-electron chi connectivity index (χ1n) is 5.24. The Morgan fingerprint density at radius 2 is 2.38 bits per heavy atom. The maximum Gasteiger partial charge on any atom is 0.112 e. The molecule has 0 radical (unpaired) electrons. The van der Waals surface area contributed by atoms with E-state index in [9.17, 15) is 0 Å². The topological polar surface area (TPSA) is 66.0 Å². The summed E-state index contributed by atoms with van der Waals surface area (Å²) >= 11 is 0. The number of aryl methyl sites for hydroxylation is 1. The Labute approximate surface area is 94.2 Å². The molecule has 16 heavy (non-hydrogen) atoms. The SMILES string of the molecule is COC(CN)Cc1nc2cnccc2n1C. The third kappa shape index (κ3) is 1.91. The fraction of sp³-hybridized carbons (Fsp3) is 0.455. The monoisotopic (exact) mass is 220 g/mol. The zero-order valence-electron chi connectivity index (χ0n) is 9.55. The molecule has 0 aromatic carbocycles. The molecule has 2 rings (SSSR count). The van der Waals surface area contributed by atoms with Crippen molar-refractivity contribution in [2.45, 2.75) is 12.5 Å². The van der Waals surface area contributed by atoms with Crippen LogP contribution >= 0.6 is 0 Å². The van der Waals surface area contributed by atoms with Crippen molar-refractivity contribution in [3.8, 4) is 0 Å². The second-order valence-corrected chi connectivity index (χ2v) is 3.75. The van der Waals surface area contributed by atoms with Gasteiger partial charge in [-0.05, 0) is 6.07 Å². The van der Waals surface area contributed by atoms with Crippen molar-refractivity contribution in [3.05, 3.63) is 24.3 Å². The molecule has 0 fully saturated rings. The van der Waals surface area contributed by atoms with Crippen LogP contribution < -0.4 is 5.73 Å². The zero-order chi connectivity index (χ0) is 11.5. The minimum atomic E-state index is 0.0171. The van der Waals surface area contributed by atoms with Crippen LogP contribution in [0.5, 0.6) is 0 Å². The molecule has 2 aromatic rings. The Balaban J connectivity index is 2.34. The minimum absolute atomic E-state index is 0.0171. The molecule has 86 valence electrons. The number of rotatable bonds is 4. The normalized spacial score (nSPS) is 13.2. The smallest absolute Gasteiger partial charge is 0.112 e. The van der Waals surface area contributed by atoms with Crippen molar-refractivity contribution < 1.29 is 4.74 Å². The Morgan fingerprint density at radius 1 is 1.56 bits per heavy atom. The van der Waals surface area contributed by atoms with Crippen LogP contribution in [0.25, 0.3) is 11.0 Å². The summed E-state index contributed by atoms with van der Waals surface area (Å²) in [6.07, 6.45) is 4.27. The molecule has 0 saturated carbocycles. The number of aromatic nitrogens is 3. The third-order valence-corrected chi connectivity index (χ3v) is 2.78. The lowest BCUT2D eigenvalue weighted by atomic mass is 10.2. The summed E-state index contributed by atoms with van der Waals surface area (Å²) in [5.41, 5.74) is 7.59. The van der Waals surface area contributed by atoms with Gasteiger partial charge in [-0.2, -0.15) is 0 Å². The van der Waals surface area contributed by atoms with Gasteiger partial charge in [0.25, 0.3) is 0 Å². The van der Waals surface area contributed by atoms with Gasteiger partial charge < -0.3 is 15.0 Å². The van der Waals surface area contributed by atoms with Crippen molar-refractivity contribution in [2.24, 2.45) is 12.8 Å². The molecule has 0 saturated heterocycles. The first-order valence-corrected chi connectivity index (χ1v) is 5.24. The van der Waals surface area contributed by atoms with Crippen LogP contribution in [-0.4, -0.2) is 34.3 Å². The number of methoxy groups -OCH3 is 1. The Morgan fingerprint density at radius 3 is 3.00 bits per heavy atom. The molecule has 1 atom stereocenters. The van der Waals surface area contributed by atoms with Crippen molar-refractivity contribution in [1.29, 1.82) is 0 Å². The average Bonchev–Trinajstić information content (AvgIpc) is 2.64. The van der Waals surface area contributed by atoms with Gasteiger partial charge in [0.1, 0.15) is 11.3 Å². The number of hydrogen-bond donors (Lipinski definition) is 1. The van der Waals surface area contributed by atoms with E-state index < -0.39 is 0 Å². The van der Waals surface area contributed by atoms with E-state index in [2.05, 4.69) is 14.5 Å². The van der Waals surface area contributed by atoms with E-state index in [1.807, 2.05) is 13.1 Å². The summed E-state index contributed by atoms with van der Waals surface area (Å²) in [6.45, 7) is 0.498. The summed E-state index contributed by atoms with van der Waals surface area (Å²) < 4.78 is 7.31. The van der Waals surface area contributed by atoms with Gasteiger partial charge in [0.05, 0.1) is 17.8 Å². The second kappa shape index (κ2) is 4.59. The highest BCUT2D eigenvalue weighted by atomic mass is 16.5. The fourth-order valence-corrected chi connectivity index (χ4v) is 1.75. The molecule has 2 N–H and O–H groups in total. The Bertz CT molecular complexity index is 476. The Kier molecular flexibility index (Phi) is 3.17. The van der Waals surface area contributed by atoms with Gasteiger partial charge in [-0.1, -0.05) is 0 Å². The van der Waals surface area contributed by atoms with E-state index in [-0.39, 0.29) is 6.10 Å². The van der Waals surface area contributed by atoms with E-state index in [4.69, 9.17) is 10.5 Å². The minimum Gasteiger partial charge on any atom is -0.380 e. The lowest BCUT2D eigenvalue weighted by Crippen LogP contribution is -2.25. The quantitative estimate of drug-likeness (QED) is 0.814.